The molecule has 0 aliphatic rings. The van der Waals surface area contributed by atoms with Crippen molar-refractivity contribution in [1.29, 1.82) is 0 Å². The van der Waals surface area contributed by atoms with Crippen molar-refractivity contribution in [2.45, 2.75) is 335 Å². The molecule has 0 aromatic carbocycles. The molecular weight excluding hydrogens is 1020 g/mol. The average molecular weight is 1150 g/mol. The van der Waals surface area contributed by atoms with Crippen molar-refractivity contribution in [3.63, 3.8) is 0 Å². The maximum Gasteiger partial charge on any atom is 0.306 e. The second-order valence-electron chi connectivity index (χ2n) is 23.1. The molecule has 0 spiro atoms. The molecule has 0 aromatic rings. The van der Waals surface area contributed by atoms with E-state index in [1.165, 1.54) is 161 Å². The van der Waals surface area contributed by atoms with Gasteiger partial charge in [-0.3, -0.25) is 14.4 Å². The molecule has 1 atom stereocenters. The largest absolute Gasteiger partial charge is 0.462 e. The first-order valence-corrected chi connectivity index (χ1v) is 35.0. The second-order valence-corrected chi connectivity index (χ2v) is 23.1. The standard InChI is InChI=1S/C77H130O6/c1-4-7-10-13-16-19-22-24-26-28-30-32-33-34-35-36-37-38-39-40-41-42-43-45-46-48-50-52-55-58-61-64-67-70-76(79)82-73-74(72-81-75(78)69-66-63-60-57-54-21-18-15-12-9-6-3)83-77(80)71-68-65-62-59-56-53-51-49-47-44-31-29-27-25-23-20-17-14-11-8-5-2/h7,10,15-16,18-19,23-26,29-32,34-35,37-38,47,49,74H,4-6,8-9,11-14,17,20-22,27-28,33,36,39-46,48,50-73H2,1-3H3/b10-7-,18-15-,19-16-,25-23-,26-24-,31-29-,32-30-,35-34-,38-37-,49-47-. The van der Waals surface area contributed by atoms with Crippen molar-refractivity contribution in [3.05, 3.63) is 122 Å². The minimum absolute atomic E-state index is 0.0861. The van der Waals surface area contributed by atoms with E-state index in [2.05, 4.69) is 142 Å². The highest BCUT2D eigenvalue weighted by atomic mass is 16.6. The molecule has 0 aliphatic heterocycles. The molecule has 0 aliphatic carbocycles. The highest BCUT2D eigenvalue weighted by Gasteiger charge is 2.19. The smallest absolute Gasteiger partial charge is 0.306 e. The normalized spacial score (nSPS) is 12.9. The maximum atomic E-state index is 12.9. The van der Waals surface area contributed by atoms with Crippen LogP contribution in [0.1, 0.15) is 329 Å². The van der Waals surface area contributed by atoms with Crippen LogP contribution in [-0.4, -0.2) is 37.2 Å². The predicted octanol–water partition coefficient (Wildman–Crippen LogP) is 24.3. The SMILES string of the molecule is CC/C=C\C/C=C\C/C=C\C/C=C\C/C=C\C/C=C\CCCCCCCCCCCCCCCCC(=O)OCC(COC(=O)CCCCCCC/C=C\CCCC)OC(=O)CCCCCCCC/C=C\C/C=C\C/C=C\CCCCCCC. The Bertz CT molecular complexity index is 1700. The molecule has 0 heterocycles. The summed E-state index contributed by atoms with van der Waals surface area (Å²) in [4.78, 5) is 38.3. The van der Waals surface area contributed by atoms with Crippen LogP contribution in [0.3, 0.4) is 0 Å². The van der Waals surface area contributed by atoms with Gasteiger partial charge in [-0.25, -0.2) is 0 Å². The topological polar surface area (TPSA) is 78.9 Å². The van der Waals surface area contributed by atoms with Gasteiger partial charge in [0.05, 0.1) is 0 Å². The number of rotatable bonds is 63. The van der Waals surface area contributed by atoms with E-state index in [0.29, 0.717) is 19.3 Å². The lowest BCUT2D eigenvalue weighted by Crippen LogP contribution is -2.30. The summed E-state index contributed by atoms with van der Waals surface area (Å²) in [6, 6.07) is 0. The Morgan fingerprint density at radius 3 is 0.783 bits per heavy atom. The van der Waals surface area contributed by atoms with Gasteiger partial charge in [-0.2, -0.15) is 0 Å². The highest BCUT2D eigenvalue weighted by molar-refractivity contribution is 5.71. The van der Waals surface area contributed by atoms with Crippen LogP contribution in [0.5, 0.6) is 0 Å². The van der Waals surface area contributed by atoms with Crippen molar-refractivity contribution >= 4 is 17.9 Å². The summed E-state index contributed by atoms with van der Waals surface area (Å²) in [6.45, 7) is 6.48. The molecule has 0 radical (unpaired) electrons. The molecule has 0 bridgehead atoms. The van der Waals surface area contributed by atoms with Gasteiger partial charge in [-0.15, -0.1) is 0 Å². The van der Waals surface area contributed by atoms with E-state index in [1.54, 1.807) is 0 Å². The Morgan fingerprint density at radius 1 is 0.253 bits per heavy atom. The summed E-state index contributed by atoms with van der Waals surface area (Å²) >= 11 is 0. The summed E-state index contributed by atoms with van der Waals surface area (Å²) in [7, 11) is 0. The lowest BCUT2D eigenvalue weighted by atomic mass is 10.0. The van der Waals surface area contributed by atoms with Gasteiger partial charge in [0.25, 0.3) is 0 Å². The van der Waals surface area contributed by atoms with Gasteiger partial charge in [0.2, 0.25) is 0 Å². The van der Waals surface area contributed by atoms with Gasteiger partial charge < -0.3 is 14.2 Å². The van der Waals surface area contributed by atoms with E-state index < -0.39 is 6.10 Å². The third-order valence-electron chi connectivity index (χ3n) is 14.9. The minimum Gasteiger partial charge on any atom is -0.462 e. The van der Waals surface area contributed by atoms with E-state index in [0.717, 1.165) is 128 Å². The Hall–Kier alpha value is -4.19. The lowest BCUT2D eigenvalue weighted by Gasteiger charge is -2.18. The molecule has 6 heteroatoms. The number of hydrogen-bond acceptors (Lipinski definition) is 6. The van der Waals surface area contributed by atoms with Crippen LogP contribution in [-0.2, 0) is 28.6 Å². The molecule has 0 saturated carbocycles. The van der Waals surface area contributed by atoms with E-state index in [1.807, 2.05) is 0 Å². The molecule has 0 rings (SSSR count). The van der Waals surface area contributed by atoms with Gasteiger partial charge in [0.15, 0.2) is 6.10 Å². The molecule has 0 N–H and O–H groups in total. The van der Waals surface area contributed by atoms with Gasteiger partial charge >= 0.3 is 17.9 Å². The minimum atomic E-state index is -0.791. The zero-order chi connectivity index (χ0) is 59.9. The monoisotopic (exact) mass is 1150 g/mol. The first kappa shape index (κ1) is 78.8. The van der Waals surface area contributed by atoms with Crippen LogP contribution in [0, 0.1) is 0 Å². The molecule has 474 valence electrons. The van der Waals surface area contributed by atoms with E-state index in [4.69, 9.17) is 14.2 Å². The molecule has 6 nitrogen and oxygen atoms in total. The van der Waals surface area contributed by atoms with Crippen LogP contribution >= 0.6 is 0 Å². The molecule has 1 unspecified atom stereocenters. The fourth-order valence-corrected chi connectivity index (χ4v) is 9.67. The van der Waals surface area contributed by atoms with Gasteiger partial charge in [0.1, 0.15) is 13.2 Å². The third-order valence-corrected chi connectivity index (χ3v) is 14.9. The van der Waals surface area contributed by atoms with Crippen LogP contribution in [0.2, 0.25) is 0 Å². The number of carbonyl (C=O) groups excluding carboxylic acids is 3. The third kappa shape index (κ3) is 68.5. The Balaban J connectivity index is 4.22. The Labute approximate surface area is 513 Å². The number of esters is 3. The number of allylic oxidation sites excluding steroid dienone is 20. The summed E-state index contributed by atoms with van der Waals surface area (Å²) in [5, 5.41) is 0. The summed E-state index contributed by atoms with van der Waals surface area (Å²) in [5.41, 5.74) is 0. The summed E-state index contributed by atoms with van der Waals surface area (Å²) in [6.07, 6.45) is 98.0. The van der Waals surface area contributed by atoms with E-state index in [-0.39, 0.29) is 31.1 Å². The molecule has 0 aromatic heterocycles. The Kier molecular flexibility index (Phi) is 66.7. The average Bonchev–Trinajstić information content (AvgIpc) is 3.48. The first-order valence-electron chi connectivity index (χ1n) is 35.0. The van der Waals surface area contributed by atoms with Crippen molar-refractivity contribution in [3.8, 4) is 0 Å². The van der Waals surface area contributed by atoms with Crippen molar-refractivity contribution in [2.75, 3.05) is 13.2 Å². The van der Waals surface area contributed by atoms with E-state index in [9.17, 15) is 14.4 Å². The number of carbonyl (C=O) groups is 3. The Morgan fingerprint density at radius 2 is 0.482 bits per heavy atom. The summed E-state index contributed by atoms with van der Waals surface area (Å²) in [5.74, 6) is -0.900. The summed E-state index contributed by atoms with van der Waals surface area (Å²) < 4.78 is 16.9. The quantitative estimate of drug-likeness (QED) is 0.0261. The van der Waals surface area contributed by atoms with Crippen LogP contribution in [0.25, 0.3) is 0 Å². The van der Waals surface area contributed by atoms with Crippen LogP contribution < -0.4 is 0 Å². The molecule has 0 amide bonds. The van der Waals surface area contributed by atoms with Crippen LogP contribution in [0.15, 0.2) is 122 Å². The van der Waals surface area contributed by atoms with Gasteiger partial charge in [-0.05, 0) is 128 Å². The zero-order valence-corrected chi connectivity index (χ0v) is 54.4. The van der Waals surface area contributed by atoms with E-state index >= 15 is 0 Å². The number of hydrogen-bond donors (Lipinski definition) is 0. The fourth-order valence-electron chi connectivity index (χ4n) is 9.67. The van der Waals surface area contributed by atoms with Crippen molar-refractivity contribution < 1.29 is 28.6 Å². The first-order chi connectivity index (χ1) is 41.0. The molecule has 0 saturated heterocycles. The van der Waals surface area contributed by atoms with Gasteiger partial charge in [0, 0.05) is 19.3 Å². The molecule has 0 fully saturated rings. The van der Waals surface area contributed by atoms with Gasteiger partial charge in [-0.1, -0.05) is 303 Å². The highest BCUT2D eigenvalue weighted by Crippen LogP contribution is 2.16. The predicted molar refractivity (Wildman–Crippen MR) is 362 cm³/mol. The number of unbranched alkanes of at least 4 members (excludes halogenated alkanes) is 32. The van der Waals surface area contributed by atoms with Crippen molar-refractivity contribution in [1.82, 2.24) is 0 Å². The fraction of sp³-hybridized carbons (Fsp3) is 0.701. The van der Waals surface area contributed by atoms with Crippen molar-refractivity contribution in [2.24, 2.45) is 0 Å². The number of ether oxygens (including phenoxy) is 3. The maximum absolute atomic E-state index is 12.9. The lowest BCUT2D eigenvalue weighted by molar-refractivity contribution is -0.167. The molecular formula is C77H130O6. The van der Waals surface area contributed by atoms with Crippen LogP contribution in [0.4, 0.5) is 0 Å². The second kappa shape index (κ2) is 70.3. The zero-order valence-electron chi connectivity index (χ0n) is 54.4. The molecule has 83 heavy (non-hydrogen) atoms.